The van der Waals surface area contributed by atoms with Crippen LogP contribution >= 0.6 is 27.5 Å². The van der Waals surface area contributed by atoms with Gasteiger partial charge in [0, 0.05) is 34.9 Å². The van der Waals surface area contributed by atoms with Crippen molar-refractivity contribution in [1.29, 1.82) is 0 Å². The lowest BCUT2D eigenvalue weighted by molar-refractivity contribution is -0.122. The Morgan fingerprint density at radius 2 is 1.93 bits per heavy atom. The molecule has 0 spiro atoms. The Hall–Kier alpha value is -2.38. The van der Waals surface area contributed by atoms with Gasteiger partial charge in [-0.15, -0.1) is 0 Å². The number of rotatable bonds is 5. The van der Waals surface area contributed by atoms with Crippen LogP contribution in [0.2, 0.25) is 5.02 Å². The second-order valence-electron chi connectivity index (χ2n) is 7.32. The summed E-state index contributed by atoms with van der Waals surface area (Å²) in [5.74, 6) is -1.00. The van der Waals surface area contributed by atoms with Crippen LogP contribution in [0.25, 0.3) is 0 Å². The van der Waals surface area contributed by atoms with Crippen LogP contribution in [-0.4, -0.2) is 30.3 Å². The lowest BCUT2D eigenvalue weighted by Gasteiger charge is -2.17. The molecule has 2 N–H and O–H groups in total. The molecule has 1 unspecified atom stereocenters. The second-order valence-corrected chi connectivity index (χ2v) is 8.64. The van der Waals surface area contributed by atoms with Gasteiger partial charge in [0.2, 0.25) is 11.8 Å². The van der Waals surface area contributed by atoms with Gasteiger partial charge in [-0.3, -0.25) is 14.4 Å². The van der Waals surface area contributed by atoms with Crippen molar-refractivity contribution in [1.82, 2.24) is 5.32 Å². The Bertz CT molecular complexity index is 993. The van der Waals surface area contributed by atoms with Crippen LogP contribution < -0.4 is 15.5 Å². The number of hydrogen-bond donors (Lipinski definition) is 2. The van der Waals surface area contributed by atoms with Gasteiger partial charge in [-0.05, 0) is 49.2 Å². The third-order valence-corrected chi connectivity index (χ3v) is 5.82. The van der Waals surface area contributed by atoms with Gasteiger partial charge in [-0.25, -0.2) is 0 Å². The highest BCUT2D eigenvalue weighted by atomic mass is 79.9. The summed E-state index contributed by atoms with van der Waals surface area (Å²) in [6, 6.07) is 12.5. The van der Waals surface area contributed by atoms with Crippen molar-refractivity contribution in [2.75, 3.05) is 16.8 Å². The third kappa shape index (κ3) is 4.62. The maximum Gasteiger partial charge on any atom is 0.253 e. The van der Waals surface area contributed by atoms with Gasteiger partial charge in [0.1, 0.15) is 0 Å². The number of amides is 3. The van der Waals surface area contributed by atoms with Crippen molar-refractivity contribution in [3.8, 4) is 0 Å². The Balaban J connectivity index is 1.41. The number of nitrogens with zero attached hydrogens (tertiary/aromatic N) is 1. The molecule has 1 aliphatic carbocycles. The van der Waals surface area contributed by atoms with E-state index in [1.807, 2.05) is 24.3 Å². The first-order valence-corrected chi connectivity index (χ1v) is 10.5. The molecule has 1 saturated heterocycles. The zero-order chi connectivity index (χ0) is 20.5. The number of hydrogen-bond acceptors (Lipinski definition) is 3. The Kier molecular flexibility index (Phi) is 5.61. The number of halogens is 2. The van der Waals surface area contributed by atoms with Gasteiger partial charge in [0.15, 0.2) is 0 Å². The molecule has 1 atom stereocenters. The first-order chi connectivity index (χ1) is 13.9. The predicted octanol–water partition coefficient (Wildman–Crippen LogP) is 3.99. The fourth-order valence-corrected chi connectivity index (χ4v) is 3.94. The summed E-state index contributed by atoms with van der Waals surface area (Å²) in [4.78, 5) is 38.8. The molecule has 0 aromatic heterocycles. The monoisotopic (exact) mass is 475 g/mol. The Morgan fingerprint density at radius 1 is 1.14 bits per heavy atom. The molecule has 3 amide bonds. The number of benzene rings is 2. The van der Waals surface area contributed by atoms with E-state index >= 15 is 0 Å². The summed E-state index contributed by atoms with van der Waals surface area (Å²) in [5, 5.41) is 5.97. The minimum absolute atomic E-state index is 0.0895. The molecule has 4 rings (SSSR count). The minimum atomic E-state index is -0.460. The van der Waals surface area contributed by atoms with E-state index in [2.05, 4.69) is 26.6 Å². The van der Waals surface area contributed by atoms with Crippen LogP contribution in [-0.2, 0) is 9.59 Å². The van der Waals surface area contributed by atoms with Crippen LogP contribution in [0.3, 0.4) is 0 Å². The molecule has 2 aliphatic rings. The van der Waals surface area contributed by atoms with E-state index in [1.165, 1.54) is 0 Å². The quantitative estimate of drug-likeness (QED) is 0.685. The zero-order valence-electron chi connectivity index (χ0n) is 15.5. The van der Waals surface area contributed by atoms with Crippen molar-refractivity contribution in [3.63, 3.8) is 0 Å². The molecule has 150 valence electrons. The van der Waals surface area contributed by atoms with Crippen LogP contribution in [0.1, 0.15) is 29.6 Å². The van der Waals surface area contributed by atoms with E-state index in [0.29, 0.717) is 17.8 Å². The van der Waals surface area contributed by atoms with E-state index in [9.17, 15) is 14.4 Å². The molecular formula is C21H19BrClN3O3. The molecule has 1 heterocycles. The molecule has 0 radical (unpaired) electrons. The smallest absolute Gasteiger partial charge is 0.253 e. The average molecular weight is 477 g/mol. The minimum Gasteiger partial charge on any atom is -0.349 e. The van der Waals surface area contributed by atoms with Crippen molar-refractivity contribution >= 4 is 56.6 Å². The summed E-state index contributed by atoms with van der Waals surface area (Å²) in [6.45, 7) is 0.316. The summed E-state index contributed by atoms with van der Waals surface area (Å²) in [7, 11) is 0. The van der Waals surface area contributed by atoms with Crippen LogP contribution in [0.4, 0.5) is 11.4 Å². The SMILES string of the molecule is O=C(NC1CC1)c1ccc(NC(=O)C2CC(=O)N(c3cccc(Br)c3)C2)cc1Cl. The van der Waals surface area contributed by atoms with Crippen molar-refractivity contribution in [2.24, 2.45) is 5.92 Å². The van der Waals surface area contributed by atoms with Gasteiger partial charge in [-0.1, -0.05) is 33.6 Å². The van der Waals surface area contributed by atoms with E-state index in [-0.39, 0.29) is 35.2 Å². The molecule has 6 nitrogen and oxygen atoms in total. The molecular weight excluding hydrogens is 458 g/mol. The van der Waals surface area contributed by atoms with Crippen molar-refractivity contribution < 1.29 is 14.4 Å². The topological polar surface area (TPSA) is 78.5 Å². The molecule has 2 aromatic rings. The van der Waals surface area contributed by atoms with Crippen LogP contribution in [0.15, 0.2) is 46.9 Å². The van der Waals surface area contributed by atoms with Gasteiger partial charge >= 0.3 is 0 Å². The summed E-state index contributed by atoms with van der Waals surface area (Å²) >= 11 is 9.63. The van der Waals surface area contributed by atoms with E-state index in [1.54, 1.807) is 23.1 Å². The first-order valence-electron chi connectivity index (χ1n) is 9.38. The van der Waals surface area contributed by atoms with Crippen LogP contribution in [0, 0.1) is 5.92 Å². The second kappa shape index (κ2) is 8.16. The van der Waals surface area contributed by atoms with Crippen molar-refractivity contribution in [3.05, 3.63) is 57.5 Å². The fraction of sp³-hybridized carbons (Fsp3) is 0.286. The molecule has 2 fully saturated rings. The first kappa shape index (κ1) is 19.9. The molecule has 29 heavy (non-hydrogen) atoms. The lowest BCUT2D eigenvalue weighted by Crippen LogP contribution is -2.28. The number of carbonyl (C=O) groups is 3. The largest absolute Gasteiger partial charge is 0.349 e. The van der Waals surface area contributed by atoms with Gasteiger partial charge < -0.3 is 15.5 Å². The fourth-order valence-electron chi connectivity index (χ4n) is 3.29. The summed E-state index contributed by atoms with van der Waals surface area (Å²) < 4.78 is 0.871. The standard InChI is InChI=1S/C21H19BrClN3O3/c22-13-2-1-3-16(9-13)26-11-12(8-19(26)27)20(28)25-15-6-7-17(18(23)10-15)21(29)24-14-4-5-14/h1-3,6-7,9-10,12,14H,4-5,8,11H2,(H,24,29)(H,25,28). The maximum atomic E-state index is 12.7. The van der Waals surface area contributed by atoms with E-state index in [0.717, 1.165) is 23.0 Å². The van der Waals surface area contributed by atoms with Gasteiger partial charge in [0.05, 0.1) is 16.5 Å². The number of carbonyl (C=O) groups excluding carboxylic acids is 3. The van der Waals surface area contributed by atoms with Gasteiger partial charge in [-0.2, -0.15) is 0 Å². The number of nitrogens with one attached hydrogen (secondary N) is 2. The predicted molar refractivity (Wildman–Crippen MR) is 115 cm³/mol. The summed E-state index contributed by atoms with van der Waals surface area (Å²) in [5.41, 5.74) is 1.64. The number of anilines is 2. The highest BCUT2D eigenvalue weighted by Crippen LogP contribution is 2.29. The van der Waals surface area contributed by atoms with Crippen molar-refractivity contribution in [2.45, 2.75) is 25.3 Å². The van der Waals surface area contributed by atoms with E-state index < -0.39 is 5.92 Å². The molecule has 8 heteroatoms. The Labute approximate surface area is 181 Å². The molecule has 2 aromatic carbocycles. The summed E-state index contributed by atoms with van der Waals surface area (Å²) in [6.07, 6.45) is 2.14. The highest BCUT2D eigenvalue weighted by Gasteiger charge is 2.35. The highest BCUT2D eigenvalue weighted by molar-refractivity contribution is 9.10. The Morgan fingerprint density at radius 3 is 2.62 bits per heavy atom. The van der Waals surface area contributed by atoms with E-state index in [4.69, 9.17) is 11.6 Å². The molecule has 1 saturated carbocycles. The molecule has 0 bridgehead atoms. The third-order valence-electron chi connectivity index (χ3n) is 5.01. The normalized spacial score (nSPS) is 18.6. The lowest BCUT2D eigenvalue weighted by atomic mass is 10.1. The molecule has 1 aliphatic heterocycles. The van der Waals surface area contributed by atoms with Gasteiger partial charge in [0.25, 0.3) is 5.91 Å². The maximum absolute atomic E-state index is 12.7. The average Bonchev–Trinajstić information content (AvgIpc) is 3.40. The zero-order valence-corrected chi connectivity index (χ0v) is 17.8. The van der Waals surface area contributed by atoms with Crippen LogP contribution in [0.5, 0.6) is 0 Å².